The van der Waals surface area contributed by atoms with Gasteiger partial charge in [-0.3, -0.25) is 4.98 Å². The van der Waals surface area contributed by atoms with Crippen LogP contribution in [0.15, 0.2) is 35.5 Å². The number of sulfonamides is 1. The predicted molar refractivity (Wildman–Crippen MR) is 87.3 cm³/mol. The van der Waals surface area contributed by atoms with Crippen LogP contribution in [0.3, 0.4) is 0 Å². The standard InChI is InChI=1S/C16H21N3O2S/c1-11-7-17-9-14-5-4-6-15(16(11)14)22(20,21)19-10-12(2)18-8-13(19)3/h4-7,9,12-13,18H,8,10H2,1-3H3/t12-,13+/m1/s1. The number of aromatic nitrogens is 1. The molecule has 1 aliphatic heterocycles. The molecule has 1 aromatic carbocycles. The highest BCUT2D eigenvalue weighted by Gasteiger charge is 2.34. The van der Waals surface area contributed by atoms with E-state index in [1.54, 1.807) is 28.8 Å². The van der Waals surface area contributed by atoms with Crippen molar-refractivity contribution in [3.8, 4) is 0 Å². The minimum absolute atomic E-state index is 0.0569. The molecule has 1 aliphatic rings. The van der Waals surface area contributed by atoms with Crippen molar-refractivity contribution < 1.29 is 8.42 Å². The smallest absolute Gasteiger partial charge is 0.244 e. The largest absolute Gasteiger partial charge is 0.311 e. The summed E-state index contributed by atoms with van der Waals surface area (Å²) in [6, 6.07) is 5.48. The van der Waals surface area contributed by atoms with Crippen molar-refractivity contribution in [2.24, 2.45) is 0 Å². The molecule has 0 spiro atoms. The lowest BCUT2D eigenvalue weighted by Gasteiger charge is -2.36. The summed E-state index contributed by atoms with van der Waals surface area (Å²) >= 11 is 0. The van der Waals surface area contributed by atoms with E-state index in [1.807, 2.05) is 26.8 Å². The molecule has 22 heavy (non-hydrogen) atoms. The van der Waals surface area contributed by atoms with Crippen molar-refractivity contribution in [3.05, 3.63) is 36.2 Å². The number of hydrogen-bond donors (Lipinski definition) is 1. The number of nitrogens with one attached hydrogen (secondary N) is 1. The number of nitrogens with zero attached hydrogens (tertiary/aromatic N) is 2. The molecule has 5 nitrogen and oxygen atoms in total. The third kappa shape index (κ3) is 2.51. The molecule has 6 heteroatoms. The van der Waals surface area contributed by atoms with Crippen molar-refractivity contribution in [1.29, 1.82) is 0 Å². The molecule has 0 saturated carbocycles. The van der Waals surface area contributed by atoms with Gasteiger partial charge in [0.1, 0.15) is 0 Å². The second-order valence-corrected chi connectivity index (χ2v) is 7.90. The van der Waals surface area contributed by atoms with Crippen LogP contribution >= 0.6 is 0 Å². The number of hydrogen-bond acceptors (Lipinski definition) is 4. The van der Waals surface area contributed by atoms with Gasteiger partial charge in [0.25, 0.3) is 0 Å². The Morgan fingerprint density at radius 3 is 2.82 bits per heavy atom. The highest BCUT2D eigenvalue weighted by Crippen LogP contribution is 2.29. The van der Waals surface area contributed by atoms with Crippen molar-refractivity contribution >= 4 is 20.8 Å². The van der Waals surface area contributed by atoms with Gasteiger partial charge in [-0.05, 0) is 32.4 Å². The van der Waals surface area contributed by atoms with E-state index in [4.69, 9.17) is 0 Å². The molecule has 2 heterocycles. The van der Waals surface area contributed by atoms with Gasteiger partial charge < -0.3 is 5.32 Å². The molecule has 1 N–H and O–H groups in total. The maximum atomic E-state index is 13.2. The lowest BCUT2D eigenvalue weighted by atomic mass is 10.1. The summed E-state index contributed by atoms with van der Waals surface area (Å²) in [5.41, 5.74) is 0.882. The molecule has 2 atom stereocenters. The lowest BCUT2D eigenvalue weighted by molar-refractivity contribution is 0.245. The van der Waals surface area contributed by atoms with Gasteiger partial charge in [-0.2, -0.15) is 4.31 Å². The summed E-state index contributed by atoms with van der Waals surface area (Å²) in [6.45, 7) is 7.01. The number of piperazine rings is 1. The van der Waals surface area contributed by atoms with Gasteiger partial charge in [0, 0.05) is 48.3 Å². The molecule has 3 rings (SSSR count). The van der Waals surface area contributed by atoms with Crippen LogP contribution in [0.1, 0.15) is 19.4 Å². The minimum Gasteiger partial charge on any atom is -0.311 e. The third-order valence-corrected chi connectivity index (χ3v) is 6.25. The van der Waals surface area contributed by atoms with Crippen molar-refractivity contribution in [1.82, 2.24) is 14.6 Å². The van der Waals surface area contributed by atoms with Crippen molar-refractivity contribution in [2.45, 2.75) is 37.8 Å². The van der Waals surface area contributed by atoms with Crippen molar-refractivity contribution in [2.75, 3.05) is 13.1 Å². The van der Waals surface area contributed by atoms with Crippen LogP contribution in [0.25, 0.3) is 10.8 Å². The maximum Gasteiger partial charge on any atom is 0.244 e. The first-order chi connectivity index (χ1) is 10.4. The Morgan fingerprint density at radius 1 is 1.27 bits per heavy atom. The second-order valence-electron chi connectivity index (χ2n) is 6.04. The monoisotopic (exact) mass is 319 g/mol. The van der Waals surface area contributed by atoms with Crippen LogP contribution in [0.4, 0.5) is 0 Å². The van der Waals surface area contributed by atoms with Gasteiger partial charge in [0.05, 0.1) is 4.90 Å². The molecular formula is C16H21N3O2S. The first-order valence-electron chi connectivity index (χ1n) is 7.50. The fraction of sp³-hybridized carbons (Fsp3) is 0.438. The van der Waals surface area contributed by atoms with Gasteiger partial charge in [-0.25, -0.2) is 8.42 Å². The number of aryl methyl sites for hydroxylation is 1. The van der Waals surface area contributed by atoms with Crippen LogP contribution in [0, 0.1) is 6.92 Å². The van der Waals surface area contributed by atoms with Gasteiger partial charge >= 0.3 is 0 Å². The summed E-state index contributed by atoms with van der Waals surface area (Å²) in [5.74, 6) is 0. The topological polar surface area (TPSA) is 62.3 Å². The third-order valence-electron chi connectivity index (χ3n) is 4.23. The SMILES string of the molecule is Cc1cncc2cccc(S(=O)(=O)N3C[C@@H](C)NC[C@@H]3C)c12. The number of pyridine rings is 1. The summed E-state index contributed by atoms with van der Waals surface area (Å²) in [5, 5.41) is 4.95. The van der Waals surface area contributed by atoms with Crippen LogP contribution in [-0.4, -0.2) is 42.9 Å². The zero-order valence-corrected chi connectivity index (χ0v) is 13.9. The average Bonchev–Trinajstić information content (AvgIpc) is 2.49. The molecule has 0 unspecified atom stereocenters. The van der Waals surface area contributed by atoms with E-state index in [-0.39, 0.29) is 12.1 Å². The summed E-state index contributed by atoms with van der Waals surface area (Å²) in [4.78, 5) is 4.54. The van der Waals surface area contributed by atoms with E-state index in [0.29, 0.717) is 18.0 Å². The van der Waals surface area contributed by atoms with Crippen LogP contribution in [-0.2, 0) is 10.0 Å². The van der Waals surface area contributed by atoms with E-state index >= 15 is 0 Å². The Morgan fingerprint density at radius 2 is 2.05 bits per heavy atom. The van der Waals surface area contributed by atoms with Crippen LogP contribution in [0.2, 0.25) is 0 Å². The van der Waals surface area contributed by atoms with Crippen molar-refractivity contribution in [3.63, 3.8) is 0 Å². The van der Waals surface area contributed by atoms with E-state index in [0.717, 1.165) is 16.3 Å². The van der Waals surface area contributed by atoms with Gasteiger partial charge in [0.15, 0.2) is 0 Å². The van der Waals surface area contributed by atoms with Crippen LogP contribution < -0.4 is 5.32 Å². The molecule has 0 bridgehead atoms. The quantitative estimate of drug-likeness (QED) is 0.918. The fourth-order valence-corrected chi connectivity index (χ4v) is 5.04. The van der Waals surface area contributed by atoms with E-state index in [1.165, 1.54) is 0 Å². The lowest BCUT2D eigenvalue weighted by Crippen LogP contribution is -2.56. The van der Waals surface area contributed by atoms with E-state index in [9.17, 15) is 8.42 Å². The predicted octanol–water partition coefficient (Wildman–Crippen LogP) is 1.91. The molecule has 0 amide bonds. The van der Waals surface area contributed by atoms with Crippen LogP contribution in [0.5, 0.6) is 0 Å². The average molecular weight is 319 g/mol. The Hall–Kier alpha value is -1.50. The molecule has 2 aromatic rings. The Kier molecular flexibility index (Phi) is 3.92. The molecule has 0 aliphatic carbocycles. The molecule has 1 saturated heterocycles. The molecular weight excluding hydrogens is 298 g/mol. The molecule has 0 radical (unpaired) electrons. The number of benzene rings is 1. The summed E-state index contributed by atoms with van der Waals surface area (Å²) in [6.07, 6.45) is 3.43. The zero-order valence-electron chi connectivity index (χ0n) is 13.1. The van der Waals surface area contributed by atoms with E-state index in [2.05, 4.69) is 10.3 Å². The highest BCUT2D eigenvalue weighted by molar-refractivity contribution is 7.89. The fourth-order valence-electron chi connectivity index (χ4n) is 3.04. The summed E-state index contributed by atoms with van der Waals surface area (Å²) in [7, 11) is -3.53. The zero-order chi connectivity index (χ0) is 15.9. The van der Waals surface area contributed by atoms with E-state index < -0.39 is 10.0 Å². The second kappa shape index (κ2) is 5.61. The molecule has 1 aromatic heterocycles. The number of rotatable bonds is 2. The number of fused-ring (bicyclic) bond motifs is 1. The summed E-state index contributed by atoms with van der Waals surface area (Å²) < 4.78 is 28.0. The Balaban J connectivity index is 2.17. The normalized spacial score (nSPS) is 23.8. The highest BCUT2D eigenvalue weighted by atomic mass is 32.2. The van der Waals surface area contributed by atoms with Gasteiger partial charge in [-0.15, -0.1) is 0 Å². The molecule has 1 fully saturated rings. The Bertz CT molecular complexity index is 799. The van der Waals surface area contributed by atoms with Gasteiger partial charge in [0.2, 0.25) is 10.0 Å². The van der Waals surface area contributed by atoms with Gasteiger partial charge in [-0.1, -0.05) is 12.1 Å². The maximum absolute atomic E-state index is 13.2. The minimum atomic E-state index is -3.53. The first-order valence-corrected chi connectivity index (χ1v) is 8.94. The Labute approximate surface area is 131 Å². The first kappa shape index (κ1) is 15.4. The molecule has 118 valence electrons.